The Hall–Kier alpha value is -6.96. The maximum Gasteiger partial charge on any atom is 0.143 e. The van der Waals surface area contributed by atoms with E-state index >= 15 is 0 Å². The van der Waals surface area contributed by atoms with Crippen molar-refractivity contribution in [1.82, 2.24) is 0 Å². The van der Waals surface area contributed by atoms with E-state index in [-0.39, 0.29) is 0 Å². The molecule has 0 spiro atoms. The maximum atomic E-state index is 6.98. The summed E-state index contributed by atoms with van der Waals surface area (Å²) in [5.74, 6) is 0. The summed E-state index contributed by atoms with van der Waals surface area (Å²) in [5.41, 5.74) is 6.57. The molecular formula is C52H28O. The molecule has 12 aromatic carbocycles. The summed E-state index contributed by atoms with van der Waals surface area (Å²) in [6.45, 7) is 0. The van der Waals surface area contributed by atoms with E-state index in [1.165, 1.54) is 103 Å². The molecule has 0 radical (unpaired) electrons. The van der Waals surface area contributed by atoms with Crippen LogP contribution < -0.4 is 0 Å². The smallest absolute Gasteiger partial charge is 0.143 e. The van der Waals surface area contributed by atoms with E-state index in [9.17, 15) is 0 Å². The molecule has 0 bridgehead atoms. The Morgan fingerprint density at radius 1 is 0.264 bits per heavy atom. The molecular weight excluding hydrogens is 641 g/mol. The van der Waals surface area contributed by atoms with Crippen molar-refractivity contribution in [2.24, 2.45) is 0 Å². The van der Waals surface area contributed by atoms with Gasteiger partial charge < -0.3 is 4.42 Å². The first-order valence-electron chi connectivity index (χ1n) is 18.4. The number of hydrogen-bond donors (Lipinski definition) is 0. The number of furan rings is 1. The normalized spacial score (nSPS) is 12.5. The molecule has 242 valence electrons. The third-order valence-electron chi connectivity index (χ3n) is 12.1. The quantitative estimate of drug-likeness (QED) is 0.132. The van der Waals surface area contributed by atoms with Crippen molar-refractivity contribution in [3.63, 3.8) is 0 Å². The summed E-state index contributed by atoms with van der Waals surface area (Å²) < 4.78 is 6.98. The number of hydrogen-bond acceptors (Lipinski definition) is 1. The number of rotatable bonds is 2. The molecule has 0 saturated carbocycles. The lowest BCUT2D eigenvalue weighted by atomic mass is 9.85. The summed E-state index contributed by atoms with van der Waals surface area (Å²) in [5, 5.41) is 22.8. The minimum Gasteiger partial charge on any atom is -0.455 e. The Balaban J connectivity index is 1.19. The van der Waals surface area contributed by atoms with Crippen LogP contribution >= 0.6 is 0 Å². The molecule has 0 aliphatic carbocycles. The molecule has 1 nitrogen and oxygen atoms in total. The highest BCUT2D eigenvalue weighted by Crippen LogP contribution is 2.48. The van der Waals surface area contributed by atoms with Crippen molar-refractivity contribution in [3.05, 3.63) is 170 Å². The standard InChI is InChI=1S/C52H28O/c1-2-8-34-28-47-44(25-33(34)7-1)46-27-35(36-20-17-32-16-15-29-9-5-10-30-18-21-41(36)49(32)48(29)30)26-45(52(46)53-47)39-23-24-43-38-13-4-3-12-37(38)40-14-6-11-31-19-22-42(39)51(43)50(31)40/h1-28H. The summed E-state index contributed by atoms with van der Waals surface area (Å²) >= 11 is 0. The summed E-state index contributed by atoms with van der Waals surface area (Å²) in [6, 6.07) is 63.2. The van der Waals surface area contributed by atoms with Crippen molar-refractivity contribution in [2.75, 3.05) is 0 Å². The van der Waals surface area contributed by atoms with E-state index in [4.69, 9.17) is 4.42 Å². The van der Waals surface area contributed by atoms with E-state index in [1.807, 2.05) is 0 Å². The second-order valence-corrected chi connectivity index (χ2v) is 14.8. The minimum atomic E-state index is 0.913. The molecule has 0 N–H and O–H groups in total. The van der Waals surface area contributed by atoms with Gasteiger partial charge in [-0.2, -0.15) is 0 Å². The van der Waals surface area contributed by atoms with Gasteiger partial charge in [-0.3, -0.25) is 0 Å². The average molecular weight is 669 g/mol. The van der Waals surface area contributed by atoms with Gasteiger partial charge in [0.25, 0.3) is 0 Å². The largest absolute Gasteiger partial charge is 0.455 e. The predicted molar refractivity (Wildman–Crippen MR) is 227 cm³/mol. The minimum absolute atomic E-state index is 0.913. The van der Waals surface area contributed by atoms with Gasteiger partial charge >= 0.3 is 0 Å². The van der Waals surface area contributed by atoms with Gasteiger partial charge in [0, 0.05) is 16.3 Å². The second-order valence-electron chi connectivity index (χ2n) is 14.8. The van der Waals surface area contributed by atoms with Crippen molar-refractivity contribution in [1.29, 1.82) is 0 Å². The molecule has 13 rings (SSSR count). The predicted octanol–water partition coefficient (Wildman–Crippen LogP) is 15.0. The van der Waals surface area contributed by atoms with Crippen LogP contribution in [-0.4, -0.2) is 0 Å². The van der Waals surface area contributed by atoms with Gasteiger partial charge in [-0.05, 0) is 127 Å². The Bertz CT molecular complexity index is 3660. The topological polar surface area (TPSA) is 13.1 Å². The zero-order valence-corrected chi connectivity index (χ0v) is 28.6. The molecule has 0 aliphatic heterocycles. The van der Waals surface area contributed by atoms with Gasteiger partial charge in [0.15, 0.2) is 0 Å². The number of fused-ring (bicyclic) bond motifs is 7. The van der Waals surface area contributed by atoms with Crippen LogP contribution in [0.15, 0.2) is 174 Å². The molecule has 1 heteroatoms. The molecule has 0 amide bonds. The zero-order chi connectivity index (χ0) is 34.4. The highest BCUT2D eigenvalue weighted by molar-refractivity contribution is 6.35. The van der Waals surface area contributed by atoms with Crippen LogP contribution in [0.4, 0.5) is 0 Å². The highest BCUT2D eigenvalue weighted by Gasteiger charge is 2.22. The van der Waals surface area contributed by atoms with Crippen LogP contribution in [0, 0.1) is 0 Å². The Labute approximate surface area is 303 Å². The fraction of sp³-hybridized carbons (Fsp3) is 0. The molecule has 1 heterocycles. The first-order valence-corrected chi connectivity index (χ1v) is 18.4. The van der Waals surface area contributed by atoms with Crippen molar-refractivity contribution in [3.8, 4) is 22.3 Å². The van der Waals surface area contributed by atoms with Gasteiger partial charge in [0.1, 0.15) is 11.2 Å². The Morgan fingerprint density at radius 3 is 1.58 bits per heavy atom. The summed E-state index contributed by atoms with van der Waals surface area (Å²) in [4.78, 5) is 0. The molecule has 13 aromatic rings. The monoisotopic (exact) mass is 668 g/mol. The van der Waals surface area contributed by atoms with E-state index in [1.54, 1.807) is 0 Å². The summed E-state index contributed by atoms with van der Waals surface area (Å²) in [7, 11) is 0. The Morgan fingerprint density at radius 2 is 0.792 bits per heavy atom. The van der Waals surface area contributed by atoms with Gasteiger partial charge in [-0.1, -0.05) is 146 Å². The lowest BCUT2D eigenvalue weighted by molar-refractivity contribution is 0.670. The molecule has 0 unspecified atom stereocenters. The summed E-state index contributed by atoms with van der Waals surface area (Å²) in [6.07, 6.45) is 0. The van der Waals surface area contributed by atoms with Gasteiger partial charge in [0.2, 0.25) is 0 Å². The van der Waals surface area contributed by atoms with E-state index in [0.717, 1.165) is 27.5 Å². The maximum absolute atomic E-state index is 6.98. The van der Waals surface area contributed by atoms with E-state index in [0.29, 0.717) is 0 Å². The molecule has 53 heavy (non-hydrogen) atoms. The van der Waals surface area contributed by atoms with E-state index in [2.05, 4.69) is 170 Å². The van der Waals surface area contributed by atoms with Gasteiger partial charge in [-0.25, -0.2) is 0 Å². The van der Waals surface area contributed by atoms with Gasteiger partial charge in [-0.15, -0.1) is 0 Å². The lowest BCUT2D eigenvalue weighted by Crippen LogP contribution is -1.91. The Kier molecular flexibility index (Phi) is 5.17. The van der Waals surface area contributed by atoms with Crippen molar-refractivity contribution >= 4 is 108 Å². The molecule has 0 fully saturated rings. The van der Waals surface area contributed by atoms with Crippen LogP contribution in [0.25, 0.3) is 130 Å². The van der Waals surface area contributed by atoms with Crippen LogP contribution in [0.1, 0.15) is 0 Å². The van der Waals surface area contributed by atoms with Crippen LogP contribution in [0.3, 0.4) is 0 Å². The highest BCUT2D eigenvalue weighted by atomic mass is 16.3. The third-order valence-corrected chi connectivity index (χ3v) is 12.1. The molecule has 0 atom stereocenters. The van der Waals surface area contributed by atoms with Crippen molar-refractivity contribution in [2.45, 2.75) is 0 Å². The van der Waals surface area contributed by atoms with Gasteiger partial charge in [0.05, 0.1) is 0 Å². The fourth-order valence-corrected chi connectivity index (χ4v) is 9.77. The van der Waals surface area contributed by atoms with Crippen LogP contribution in [-0.2, 0) is 0 Å². The average Bonchev–Trinajstić information content (AvgIpc) is 3.58. The zero-order valence-electron chi connectivity index (χ0n) is 28.6. The molecule has 1 aromatic heterocycles. The van der Waals surface area contributed by atoms with Crippen LogP contribution in [0.2, 0.25) is 0 Å². The van der Waals surface area contributed by atoms with E-state index < -0.39 is 0 Å². The first kappa shape index (κ1) is 27.7. The SMILES string of the molecule is c1ccc2cc3c(cc2c1)oc1c(-c2ccc4c5ccccc5c5cccc6ccc2c4c65)cc(-c2ccc4ccc5cccc6ccc2c4c56)cc13. The third kappa shape index (κ3) is 3.61. The first-order chi connectivity index (χ1) is 26.3. The van der Waals surface area contributed by atoms with Crippen LogP contribution in [0.5, 0.6) is 0 Å². The lowest BCUT2D eigenvalue weighted by Gasteiger charge is -2.18. The van der Waals surface area contributed by atoms with Crippen molar-refractivity contribution < 1.29 is 4.42 Å². The fourth-order valence-electron chi connectivity index (χ4n) is 9.77. The number of benzene rings is 12. The molecule has 0 aliphatic rings. The molecule has 0 saturated heterocycles. The second kappa shape index (κ2) is 9.88.